The van der Waals surface area contributed by atoms with Gasteiger partial charge in [-0.15, -0.1) is 0 Å². The number of ether oxygens (including phenoxy) is 1. The van der Waals surface area contributed by atoms with E-state index >= 15 is 0 Å². The monoisotopic (exact) mass is 521 g/mol. The second-order valence-electron chi connectivity index (χ2n) is 8.16. The smallest absolute Gasteiger partial charge is 0.341 e. The van der Waals surface area contributed by atoms with Crippen LogP contribution in [0.2, 0.25) is 0 Å². The molecule has 7 nitrogen and oxygen atoms in total. The highest BCUT2D eigenvalue weighted by atomic mass is 79.9. The van der Waals surface area contributed by atoms with Gasteiger partial charge in [0.2, 0.25) is 0 Å². The van der Waals surface area contributed by atoms with Crippen molar-refractivity contribution in [1.29, 1.82) is 0 Å². The van der Waals surface area contributed by atoms with E-state index < -0.39 is 12.6 Å². The molecule has 0 unspecified atom stereocenters. The standard InChI is InChI=1S/C26H24BrN3O4/c1-30(2)14-16-3-8-19(9-4-16)28-25(17-5-10-20(11-6-17)34-15-23(31)32)24-21-12-7-18(27)13-22(21)29-26(24)33/h3-13,28H,14-15H2,1-2H3,(H,29,33)(H,31,32). The third kappa shape index (κ3) is 5.47. The Labute approximate surface area is 206 Å². The Morgan fingerprint density at radius 2 is 1.76 bits per heavy atom. The van der Waals surface area contributed by atoms with E-state index in [2.05, 4.69) is 31.5 Å². The molecule has 174 valence electrons. The van der Waals surface area contributed by atoms with Gasteiger partial charge in [-0.25, -0.2) is 4.79 Å². The number of aliphatic carboxylic acids is 1. The van der Waals surface area contributed by atoms with Crippen molar-refractivity contribution in [3.05, 3.63) is 87.9 Å². The van der Waals surface area contributed by atoms with Gasteiger partial charge in [-0.2, -0.15) is 0 Å². The number of benzene rings is 3. The van der Waals surface area contributed by atoms with Gasteiger partial charge in [0, 0.05) is 22.3 Å². The van der Waals surface area contributed by atoms with Gasteiger partial charge in [-0.3, -0.25) is 4.79 Å². The number of anilines is 2. The molecule has 0 saturated heterocycles. The van der Waals surface area contributed by atoms with Crippen LogP contribution >= 0.6 is 15.9 Å². The summed E-state index contributed by atoms with van der Waals surface area (Å²) in [4.78, 5) is 25.9. The average Bonchev–Trinajstić information content (AvgIpc) is 3.11. The number of fused-ring (bicyclic) bond motifs is 1. The zero-order valence-corrected chi connectivity index (χ0v) is 20.3. The molecule has 1 aliphatic heterocycles. The molecular formula is C26H24BrN3O4. The van der Waals surface area contributed by atoms with Gasteiger partial charge in [0.15, 0.2) is 6.61 Å². The summed E-state index contributed by atoms with van der Waals surface area (Å²) in [5, 5.41) is 15.2. The fourth-order valence-electron chi connectivity index (χ4n) is 3.74. The quantitative estimate of drug-likeness (QED) is 0.365. The number of carboxylic acids is 1. The first-order valence-corrected chi connectivity index (χ1v) is 11.4. The van der Waals surface area contributed by atoms with Gasteiger partial charge in [-0.05, 0) is 73.8 Å². The number of carbonyl (C=O) groups is 2. The third-order valence-electron chi connectivity index (χ3n) is 5.20. The predicted molar refractivity (Wildman–Crippen MR) is 137 cm³/mol. The number of hydrogen-bond donors (Lipinski definition) is 3. The topological polar surface area (TPSA) is 90.9 Å². The van der Waals surface area contributed by atoms with Crippen LogP contribution in [0.25, 0.3) is 11.3 Å². The molecule has 0 radical (unpaired) electrons. The molecule has 4 rings (SSSR count). The number of nitrogens with zero attached hydrogens (tertiary/aromatic N) is 1. The minimum Gasteiger partial charge on any atom is -0.482 e. The molecule has 0 aliphatic carbocycles. The minimum absolute atomic E-state index is 0.203. The third-order valence-corrected chi connectivity index (χ3v) is 5.70. The maximum atomic E-state index is 13.0. The van der Waals surface area contributed by atoms with Crippen LogP contribution in [-0.2, 0) is 16.1 Å². The summed E-state index contributed by atoms with van der Waals surface area (Å²) in [5.74, 6) is -0.813. The summed E-state index contributed by atoms with van der Waals surface area (Å²) in [6.07, 6.45) is 0. The van der Waals surface area contributed by atoms with E-state index in [0.29, 0.717) is 17.0 Å². The highest BCUT2D eigenvalue weighted by Gasteiger charge is 2.28. The molecule has 0 atom stereocenters. The number of halogens is 1. The van der Waals surface area contributed by atoms with E-state index in [-0.39, 0.29) is 5.91 Å². The maximum absolute atomic E-state index is 13.0. The second-order valence-corrected chi connectivity index (χ2v) is 9.08. The highest BCUT2D eigenvalue weighted by molar-refractivity contribution is 9.10. The summed E-state index contributed by atoms with van der Waals surface area (Å²) >= 11 is 3.45. The first kappa shape index (κ1) is 23.5. The van der Waals surface area contributed by atoms with E-state index in [9.17, 15) is 9.59 Å². The van der Waals surface area contributed by atoms with E-state index in [4.69, 9.17) is 9.84 Å². The van der Waals surface area contributed by atoms with Crippen LogP contribution in [0.1, 0.15) is 16.7 Å². The van der Waals surface area contributed by atoms with Gasteiger partial charge in [0.25, 0.3) is 5.91 Å². The number of amides is 1. The van der Waals surface area contributed by atoms with E-state index in [1.165, 1.54) is 5.56 Å². The molecule has 3 aromatic carbocycles. The van der Waals surface area contributed by atoms with Crippen LogP contribution in [0, 0.1) is 0 Å². The Morgan fingerprint density at radius 3 is 2.41 bits per heavy atom. The Hall–Kier alpha value is -3.62. The van der Waals surface area contributed by atoms with Crippen molar-refractivity contribution in [1.82, 2.24) is 4.90 Å². The summed E-state index contributed by atoms with van der Waals surface area (Å²) in [7, 11) is 4.04. The molecule has 8 heteroatoms. The molecule has 1 heterocycles. The normalized spacial score (nSPS) is 13.9. The lowest BCUT2D eigenvalue weighted by atomic mass is 10.00. The fraction of sp³-hybridized carbons (Fsp3) is 0.154. The number of nitrogens with one attached hydrogen (secondary N) is 2. The molecule has 1 amide bonds. The zero-order valence-electron chi connectivity index (χ0n) is 18.8. The van der Waals surface area contributed by atoms with E-state index in [0.717, 1.165) is 33.5 Å². The van der Waals surface area contributed by atoms with Gasteiger partial charge in [0.1, 0.15) is 5.75 Å². The van der Waals surface area contributed by atoms with Crippen molar-refractivity contribution in [3.8, 4) is 5.75 Å². The molecule has 0 bridgehead atoms. The molecule has 0 spiro atoms. The Balaban J connectivity index is 1.74. The first-order valence-electron chi connectivity index (χ1n) is 10.6. The predicted octanol–water partition coefficient (Wildman–Crippen LogP) is 4.91. The highest BCUT2D eigenvalue weighted by Crippen LogP contribution is 2.39. The van der Waals surface area contributed by atoms with E-state index in [1.807, 2.05) is 56.6 Å². The Morgan fingerprint density at radius 1 is 1.06 bits per heavy atom. The summed E-state index contributed by atoms with van der Waals surface area (Å²) in [6.45, 7) is 0.409. The molecule has 3 aromatic rings. The SMILES string of the molecule is CN(C)Cc1ccc(NC(=C2C(=O)Nc3cc(Br)ccc32)c2ccc(OCC(=O)O)cc2)cc1. The van der Waals surface area contributed by atoms with E-state index in [1.54, 1.807) is 24.3 Å². The molecule has 0 fully saturated rings. The van der Waals surface area contributed by atoms with Crippen molar-refractivity contribution in [2.24, 2.45) is 0 Å². The number of hydrogen-bond acceptors (Lipinski definition) is 5. The van der Waals surface area contributed by atoms with Crippen molar-refractivity contribution in [2.75, 3.05) is 31.3 Å². The molecule has 1 aliphatic rings. The van der Waals surface area contributed by atoms with Gasteiger partial charge in [0.05, 0.1) is 17.0 Å². The van der Waals surface area contributed by atoms with Crippen LogP contribution < -0.4 is 15.4 Å². The van der Waals surface area contributed by atoms with Crippen molar-refractivity contribution < 1.29 is 19.4 Å². The number of carboxylic acid groups (broad SMARTS) is 1. The molecular weight excluding hydrogens is 498 g/mol. The van der Waals surface area contributed by atoms with Crippen LogP contribution in [0.4, 0.5) is 11.4 Å². The van der Waals surface area contributed by atoms with Gasteiger partial charge in [-0.1, -0.05) is 34.1 Å². The van der Waals surface area contributed by atoms with Crippen molar-refractivity contribution >= 4 is 50.5 Å². The first-order chi connectivity index (χ1) is 16.3. The summed E-state index contributed by atoms with van der Waals surface area (Å²) < 4.78 is 6.13. The average molecular weight is 522 g/mol. The summed E-state index contributed by atoms with van der Waals surface area (Å²) in [5.41, 5.74) is 5.49. The Kier molecular flexibility index (Phi) is 7.00. The minimum atomic E-state index is -1.04. The molecule has 34 heavy (non-hydrogen) atoms. The van der Waals surface area contributed by atoms with Gasteiger partial charge >= 0.3 is 5.97 Å². The van der Waals surface area contributed by atoms with Crippen molar-refractivity contribution in [3.63, 3.8) is 0 Å². The summed E-state index contributed by atoms with van der Waals surface area (Å²) in [6, 6.07) is 20.7. The largest absolute Gasteiger partial charge is 0.482 e. The Bertz CT molecular complexity index is 1250. The van der Waals surface area contributed by atoms with Crippen LogP contribution in [0.15, 0.2) is 71.2 Å². The van der Waals surface area contributed by atoms with Crippen LogP contribution in [0.3, 0.4) is 0 Å². The number of rotatable bonds is 8. The fourth-order valence-corrected chi connectivity index (χ4v) is 4.10. The maximum Gasteiger partial charge on any atom is 0.341 e. The second kappa shape index (κ2) is 10.1. The molecule has 0 aromatic heterocycles. The van der Waals surface area contributed by atoms with Crippen molar-refractivity contribution in [2.45, 2.75) is 6.54 Å². The zero-order chi connectivity index (χ0) is 24.2. The van der Waals surface area contributed by atoms with Crippen LogP contribution in [0.5, 0.6) is 5.75 Å². The number of carbonyl (C=O) groups excluding carboxylic acids is 1. The van der Waals surface area contributed by atoms with Crippen LogP contribution in [-0.4, -0.2) is 42.6 Å². The molecule has 3 N–H and O–H groups in total. The van der Waals surface area contributed by atoms with Gasteiger partial charge < -0.3 is 25.4 Å². The lowest BCUT2D eigenvalue weighted by Crippen LogP contribution is -2.11. The molecule has 0 saturated carbocycles. The lowest BCUT2D eigenvalue weighted by Gasteiger charge is -2.16. The lowest BCUT2D eigenvalue weighted by molar-refractivity contribution is -0.139.